The molecule has 1 N–H and O–H groups in total. The van der Waals surface area contributed by atoms with Crippen LogP contribution in [0.25, 0.3) is 0 Å². The summed E-state index contributed by atoms with van der Waals surface area (Å²) in [7, 11) is 3.81. The number of hydrogen-bond acceptors (Lipinski definition) is 3. The van der Waals surface area contributed by atoms with E-state index in [1.807, 2.05) is 44.4 Å². The number of carbonyl (C=O) groups is 1. The van der Waals surface area contributed by atoms with Crippen LogP contribution in [-0.2, 0) is 4.79 Å². The van der Waals surface area contributed by atoms with Crippen LogP contribution >= 0.6 is 12.4 Å². The summed E-state index contributed by atoms with van der Waals surface area (Å²) in [5.74, 6) is 0.151. The third-order valence-electron chi connectivity index (χ3n) is 3.56. The van der Waals surface area contributed by atoms with E-state index in [2.05, 4.69) is 10.2 Å². The number of amides is 1. The molecule has 0 spiro atoms. The van der Waals surface area contributed by atoms with Gasteiger partial charge in [0.1, 0.15) is 0 Å². The van der Waals surface area contributed by atoms with Crippen LogP contribution in [0.4, 0.5) is 5.69 Å². The van der Waals surface area contributed by atoms with Gasteiger partial charge in [-0.2, -0.15) is 0 Å². The van der Waals surface area contributed by atoms with Gasteiger partial charge < -0.3 is 10.2 Å². The van der Waals surface area contributed by atoms with Crippen LogP contribution in [0.1, 0.15) is 6.42 Å². The van der Waals surface area contributed by atoms with Gasteiger partial charge in [0.05, 0.1) is 6.54 Å². The SMILES string of the molecule is CNC1CCN(CC(=O)N(C)c2ccccc2)C1.Cl. The Morgan fingerprint density at radius 2 is 2.11 bits per heavy atom. The number of halogens is 1. The molecule has 1 aromatic carbocycles. The van der Waals surface area contributed by atoms with Gasteiger partial charge in [0.15, 0.2) is 0 Å². The quantitative estimate of drug-likeness (QED) is 0.906. The van der Waals surface area contributed by atoms with Crippen LogP contribution in [0.5, 0.6) is 0 Å². The Labute approximate surface area is 121 Å². The molecular weight excluding hydrogens is 262 g/mol. The fourth-order valence-electron chi connectivity index (χ4n) is 2.30. The number of likely N-dealkylation sites (tertiary alicyclic amines) is 1. The van der Waals surface area contributed by atoms with Crippen molar-refractivity contribution in [3.8, 4) is 0 Å². The molecule has 19 heavy (non-hydrogen) atoms. The van der Waals surface area contributed by atoms with Gasteiger partial charge in [-0.1, -0.05) is 18.2 Å². The number of para-hydroxylation sites is 1. The van der Waals surface area contributed by atoms with Crippen LogP contribution in [-0.4, -0.2) is 50.6 Å². The molecule has 1 aliphatic rings. The highest BCUT2D eigenvalue weighted by Crippen LogP contribution is 2.13. The van der Waals surface area contributed by atoms with E-state index in [-0.39, 0.29) is 18.3 Å². The molecule has 1 unspecified atom stereocenters. The van der Waals surface area contributed by atoms with E-state index in [0.29, 0.717) is 12.6 Å². The topological polar surface area (TPSA) is 35.6 Å². The molecule has 1 fully saturated rings. The van der Waals surface area contributed by atoms with Crippen LogP contribution in [0.15, 0.2) is 30.3 Å². The van der Waals surface area contributed by atoms with Gasteiger partial charge in [-0.15, -0.1) is 12.4 Å². The average Bonchev–Trinajstić information content (AvgIpc) is 2.86. The fourth-order valence-corrected chi connectivity index (χ4v) is 2.30. The average molecular weight is 284 g/mol. The van der Waals surface area contributed by atoms with Crippen molar-refractivity contribution in [2.45, 2.75) is 12.5 Å². The first-order valence-corrected chi connectivity index (χ1v) is 6.42. The lowest BCUT2D eigenvalue weighted by molar-refractivity contribution is -0.119. The van der Waals surface area contributed by atoms with Crippen molar-refractivity contribution in [3.05, 3.63) is 30.3 Å². The largest absolute Gasteiger partial charge is 0.316 e. The molecule has 1 aromatic rings. The molecule has 1 amide bonds. The van der Waals surface area contributed by atoms with E-state index in [4.69, 9.17) is 0 Å². The summed E-state index contributed by atoms with van der Waals surface area (Å²) in [6.07, 6.45) is 1.12. The molecular formula is C14H22ClN3O. The lowest BCUT2D eigenvalue weighted by atomic mass is 10.3. The molecule has 2 rings (SSSR count). The fraction of sp³-hybridized carbons (Fsp3) is 0.500. The zero-order chi connectivity index (χ0) is 13.0. The summed E-state index contributed by atoms with van der Waals surface area (Å²) in [4.78, 5) is 16.1. The Kier molecular flexibility index (Phi) is 6.28. The summed E-state index contributed by atoms with van der Waals surface area (Å²) in [5, 5.41) is 3.26. The molecule has 1 atom stereocenters. The van der Waals surface area contributed by atoms with Crippen molar-refractivity contribution >= 4 is 24.0 Å². The molecule has 1 saturated heterocycles. The summed E-state index contributed by atoms with van der Waals surface area (Å²) in [5.41, 5.74) is 0.951. The van der Waals surface area contributed by atoms with Gasteiger partial charge in [-0.25, -0.2) is 0 Å². The molecule has 5 heteroatoms. The Hall–Kier alpha value is -1.10. The number of nitrogens with zero attached hydrogens (tertiary/aromatic N) is 2. The van der Waals surface area contributed by atoms with E-state index in [9.17, 15) is 4.79 Å². The van der Waals surface area contributed by atoms with Gasteiger partial charge in [0.25, 0.3) is 0 Å². The molecule has 0 aromatic heterocycles. The number of rotatable bonds is 4. The number of carbonyl (C=O) groups excluding carboxylic acids is 1. The lowest BCUT2D eigenvalue weighted by Crippen LogP contribution is -2.38. The molecule has 0 bridgehead atoms. The number of nitrogens with one attached hydrogen (secondary N) is 1. The first kappa shape index (κ1) is 16.0. The molecule has 106 valence electrons. The second kappa shape index (κ2) is 7.48. The van der Waals surface area contributed by atoms with Gasteiger partial charge in [0, 0.05) is 31.9 Å². The molecule has 0 aliphatic carbocycles. The number of anilines is 1. The predicted octanol–water partition coefficient (Wildman–Crippen LogP) is 1.36. The number of benzene rings is 1. The minimum atomic E-state index is 0. The summed E-state index contributed by atoms with van der Waals surface area (Å²) >= 11 is 0. The van der Waals surface area contributed by atoms with Crippen molar-refractivity contribution in [1.29, 1.82) is 0 Å². The maximum atomic E-state index is 12.2. The number of hydrogen-bond donors (Lipinski definition) is 1. The molecule has 0 saturated carbocycles. The molecule has 1 heterocycles. The van der Waals surface area contributed by atoms with Gasteiger partial charge in [-0.05, 0) is 25.6 Å². The Bertz CT molecular complexity index is 399. The smallest absolute Gasteiger partial charge is 0.240 e. The summed E-state index contributed by atoms with van der Waals surface area (Å²) in [6.45, 7) is 2.47. The monoisotopic (exact) mass is 283 g/mol. The van der Waals surface area contributed by atoms with E-state index >= 15 is 0 Å². The van der Waals surface area contributed by atoms with E-state index in [1.54, 1.807) is 4.90 Å². The second-order valence-electron chi connectivity index (χ2n) is 4.80. The van der Waals surface area contributed by atoms with E-state index in [0.717, 1.165) is 25.2 Å². The van der Waals surface area contributed by atoms with Gasteiger partial charge >= 0.3 is 0 Å². The molecule has 1 aliphatic heterocycles. The van der Waals surface area contributed by atoms with Crippen LogP contribution in [0, 0.1) is 0 Å². The van der Waals surface area contributed by atoms with Crippen LogP contribution < -0.4 is 10.2 Å². The summed E-state index contributed by atoms with van der Waals surface area (Å²) < 4.78 is 0. The maximum absolute atomic E-state index is 12.2. The molecule has 0 radical (unpaired) electrons. The Morgan fingerprint density at radius 1 is 1.42 bits per heavy atom. The van der Waals surface area contributed by atoms with Crippen molar-refractivity contribution in [2.24, 2.45) is 0 Å². The maximum Gasteiger partial charge on any atom is 0.240 e. The van der Waals surface area contributed by atoms with Crippen molar-refractivity contribution in [1.82, 2.24) is 10.2 Å². The standard InChI is InChI=1S/C14H21N3O.ClH/c1-15-12-8-9-17(10-12)11-14(18)16(2)13-6-4-3-5-7-13;/h3-7,12,15H,8-11H2,1-2H3;1H. The third-order valence-corrected chi connectivity index (χ3v) is 3.56. The van der Waals surface area contributed by atoms with Crippen molar-refractivity contribution < 1.29 is 4.79 Å². The lowest BCUT2D eigenvalue weighted by Gasteiger charge is -2.21. The Morgan fingerprint density at radius 3 is 2.68 bits per heavy atom. The second-order valence-corrected chi connectivity index (χ2v) is 4.80. The first-order chi connectivity index (χ1) is 8.70. The highest BCUT2D eigenvalue weighted by Gasteiger charge is 2.23. The van der Waals surface area contributed by atoms with E-state index in [1.165, 1.54) is 0 Å². The number of likely N-dealkylation sites (N-methyl/N-ethyl adjacent to an activating group) is 2. The highest BCUT2D eigenvalue weighted by molar-refractivity contribution is 5.94. The first-order valence-electron chi connectivity index (χ1n) is 6.42. The van der Waals surface area contributed by atoms with Crippen molar-refractivity contribution in [2.75, 3.05) is 38.6 Å². The Balaban J connectivity index is 0.00000180. The highest BCUT2D eigenvalue weighted by atomic mass is 35.5. The predicted molar refractivity (Wildman–Crippen MR) is 81.0 cm³/mol. The van der Waals surface area contributed by atoms with E-state index < -0.39 is 0 Å². The van der Waals surface area contributed by atoms with Crippen LogP contribution in [0.3, 0.4) is 0 Å². The zero-order valence-corrected chi connectivity index (χ0v) is 12.3. The minimum absolute atomic E-state index is 0. The zero-order valence-electron chi connectivity index (χ0n) is 11.5. The van der Waals surface area contributed by atoms with Crippen molar-refractivity contribution in [3.63, 3.8) is 0 Å². The molecule has 4 nitrogen and oxygen atoms in total. The van der Waals surface area contributed by atoms with Crippen LogP contribution in [0.2, 0.25) is 0 Å². The normalized spacial score (nSPS) is 18.9. The van der Waals surface area contributed by atoms with Gasteiger partial charge in [0.2, 0.25) is 5.91 Å². The third kappa shape index (κ3) is 4.20. The minimum Gasteiger partial charge on any atom is -0.316 e. The summed E-state index contributed by atoms with van der Waals surface area (Å²) in [6, 6.07) is 10.3. The van der Waals surface area contributed by atoms with Gasteiger partial charge in [-0.3, -0.25) is 9.69 Å².